The van der Waals surface area contributed by atoms with E-state index in [1.807, 2.05) is 0 Å². The maximum Gasteiger partial charge on any atom is 0.416 e. The highest BCUT2D eigenvalue weighted by molar-refractivity contribution is 5.78. The molecule has 1 atom stereocenters. The van der Waals surface area contributed by atoms with Gasteiger partial charge < -0.3 is 9.73 Å². The Balaban J connectivity index is 1.94. The molecule has 1 aromatic carbocycles. The molecule has 0 saturated carbocycles. The number of nitrogens with one attached hydrogen (secondary N) is 1. The van der Waals surface area contributed by atoms with Crippen molar-refractivity contribution < 1.29 is 22.4 Å². The van der Waals surface area contributed by atoms with Gasteiger partial charge in [-0.1, -0.05) is 12.1 Å². The van der Waals surface area contributed by atoms with Crippen molar-refractivity contribution in [2.75, 3.05) is 0 Å². The maximum atomic E-state index is 12.5. The Morgan fingerprint density at radius 3 is 2.32 bits per heavy atom. The minimum Gasteiger partial charge on any atom is -0.464 e. The molecule has 1 heterocycles. The van der Waals surface area contributed by atoms with E-state index in [1.165, 1.54) is 12.1 Å². The summed E-state index contributed by atoms with van der Waals surface area (Å²) < 4.78 is 42.8. The molecule has 2 aromatic rings. The van der Waals surface area contributed by atoms with Crippen LogP contribution >= 0.6 is 0 Å². The van der Waals surface area contributed by atoms with Gasteiger partial charge in [0.25, 0.3) is 0 Å². The summed E-state index contributed by atoms with van der Waals surface area (Å²) in [5, 5.41) is 2.75. The van der Waals surface area contributed by atoms with Crippen molar-refractivity contribution in [3.05, 3.63) is 59.0 Å². The van der Waals surface area contributed by atoms with Gasteiger partial charge in [-0.15, -0.1) is 0 Å². The van der Waals surface area contributed by atoms with E-state index >= 15 is 0 Å². The highest BCUT2D eigenvalue weighted by Crippen LogP contribution is 2.29. The number of halogens is 3. The van der Waals surface area contributed by atoms with E-state index in [0.29, 0.717) is 11.3 Å². The largest absolute Gasteiger partial charge is 0.464 e. The minimum atomic E-state index is -4.37. The van der Waals surface area contributed by atoms with Crippen molar-refractivity contribution in [1.82, 2.24) is 5.32 Å². The smallest absolute Gasteiger partial charge is 0.416 e. The second kappa shape index (κ2) is 6.25. The number of alkyl halides is 3. The Morgan fingerprint density at radius 2 is 1.82 bits per heavy atom. The molecule has 0 aliphatic heterocycles. The van der Waals surface area contributed by atoms with Gasteiger partial charge in [0.2, 0.25) is 5.91 Å². The lowest BCUT2D eigenvalue weighted by atomic mass is 10.1. The topological polar surface area (TPSA) is 42.2 Å². The van der Waals surface area contributed by atoms with Crippen LogP contribution in [0, 0.1) is 6.92 Å². The van der Waals surface area contributed by atoms with Gasteiger partial charge >= 0.3 is 6.18 Å². The van der Waals surface area contributed by atoms with Crippen LogP contribution in [0.2, 0.25) is 0 Å². The molecule has 0 spiro atoms. The third-order valence-corrected chi connectivity index (χ3v) is 3.21. The lowest BCUT2D eigenvalue weighted by Crippen LogP contribution is -2.27. The van der Waals surface area contributed by atoms with Crippen LogP contribution < -0.4 is 5.32 Å². The highest BCUT2D eigenvalue weighted by atomic mass is 19.4. The maximum absolute atomic E-state index is 12.5. The first-order chi connectivity index (χ1) is 10.3. The monoisotopic (exact) mass is 311 g/mol. The van der Waals surface area contributed by atoms with E-state index in [0.717, 1.165) is 17.9 Å². The predicted molar refractivity (Wildman–Crippen MR) is 75.2 cm³/mol. The lowest BCUT2D eigenvalue weighted by Gasteiger charge is -2.12. The molecule has 0 fully saturated rings. The van der Waals surface area contributed by atoms with Gasteiger partial charge in [0.1, 0.15) is 11.5 Å². The summed E-state index contributed by atoms with van der Waals surface area (Å²) in [6, 6.07) is 7.85. The Labute approximate surface area is 126 Å². The number of benzene rings is 1. The summed E-state index contributed by atoms with van der Waals surface area (Å²) in [5.74, 6) is 1.11. The van der Waals surface area contributed by atoms with E-state index in [9.17, 15) is 18.0 Å². The van der Waals surface area contributed by atoms with Gasteiger partial charge in [-0.05, 0) is 43.7 Å². The highest BCUT2D eigenvalue weighted by Gasteiger charge is 2.30. The van der Waals surface area contributed by atoms with Crippen molar-refractivity contribution in [1.29, 1.82) is 0 Å². The average molecular weight is 311 g/mol. The van der Waals surface area contributed by atoms with Gasteiger partial charge in [0.15, 0.2) is 0 Å². The summed E-state index contributed by atoms with van der Waals surface area (Å²) in [6.45, 7) is 3.59. The van der Waals surface area contributed by atoms with E-state index in [2.05, 4.69) is 5.32 Å². The second-order valence-electron chi connectivity index (χ2n) is 5.11. The molecule has 0 aliphatic carbocycles. The molecule has 3 nitrogen and oxygen atoms in total. The standard InChI is InChI=1S/C16H16F3NO2/c1-10-3-8-14(22-10)11(2)20-15(21)9-12-4-6-13(7-5-12)16(17,18)19/h3-8,11H,9H2,1-2H3,(H,20,21). The Hall–Kier alpha value is -2.24. The Kier molecular flexibility index (Phi) is 4.59. The number of carbonyl (C=O) groups is 1. The van der Waals surface area contributed by atoms with Gasteiger partial charge in [-0.25, -0.2) is 0 Å². The van der Waals surface area contributed by atoms with Gasteiger partial charge in [0.05, 0.1) is 18.0 Å². The zero-order valence-electron chi connectivity index (χ0n) is 12.2. The van der Waals surface area contributed by atoms with Crippen molar-refractivity contribution in [3.63, 3.8) is 0 Å². The molecule has 22 heavy (non-hydrogen) atoms. The first kappa shape index (κ1) is 16.1. The molecular formula is C16H16F3NO2. The molecule has 1 unspecified atom stereocenters. The summed E-state index contributed by atoms with van der Waals surface area (Å²) in [7, 11) is 0. The number of rotatable bonds is 4. The van der Waals surface area contributed by atoms with Crippen molar-refractivity contribution in [2.45, 2.75) is 32.5 Å². The molecule has 1 aromatic heterocycles. The van der Waals surface area contributed by atoms with Crippen LogP contribution in [0.1, 0.15) is 35.6 Å². The molecule has 0 aliphatic rings. The average Bonchev–Trinajstić information content (AvgIpc) is 2.85. The van der Waals surface area contributed by atoms with Crippen LogP contribution in [0.25, 0.3) is 0 Å². The zero-order chi connectivity index (χ0) is 16.3. The third-order valence-electron chi connectivity index (χ3n) is 3.21. The van der Waals surface area contributed by atoms with Crippen LogP contribution in [0.15, 0.2) is 40.8 Å². The number of hydrogen-bond donors (Lipinski definition) is 1. The molecule has 2 rings (SSSR count). The van der Waals surface area contributed by atoms with Crippen molar-refractivity contribution >= 4 is 5.91 Å². The Bertz CT molecular complexity index is 644. The van der Waals surface area contributed by atoms with E-state index < -0.39 is 11.7 Å². The van der Waals surface area contributed by atoms with Gasteiger partial charge in [0, 0.05) is 0 Å². The number of furan rings is 1. The minimum absolute atomic E-state index is 0.0160. The molecule has 0 bridgehead atoms. The summed E-state index contributed by atoms with van der Waals surface area (Å²) in [5.41, 5.74) is -0.204. The number of amides is 1. The fourth-order valence-corrected chi connectivity index (χ4v) is 2.05. The SMILES string of the molecule is Cc1ccc(C(C)NC(=O)Cc2ccc(C(F)(F)F)cc2)o1. The third kappa shape index (κ3) is 4.13. The quantitative estimate of drug-likeness (QED) is 0.926. The van der Waals surface area contributed by atoms with E-state index in [4.69, 9.17) is 4.42 Å². The fraction of sp³-hybridized carbons (Fsp3) is 0.312. The normalized spacial score (nSPS) is 13.0. The number of hydrogen-bond acceptors (Lipinski definition) is 2. The van der Waals surface area contributed by atoms with Crippen molar-refractivity contribution in [2.24, 2.45) is 0 Å². The lowest BCUT2D eigenvalue weighted by molar-refractivity contribution is -0.137. The summed E-state index contributed by atoms with van der Waals surface area (Å²) in [6.07, 6.45) is -4.35. The fourth-order valence-electron chi connectivity index (χ4n) is 2.05. The Morgan fingerprint density at radius 1 is 1.18 bits per heavy atom. The van der Waals surface area contributed by atoms with Crippen LogP contribution in [0.5, 0.6) is 0 Å². The molecular weight excluding hydrogens is 295 g/mol. The summed E-state index contributed by atoms with van der Waals surface area (Å²) >= 11 is 0. The molecule has 0 radical (unpaired) electrons. The van der Waals surface area contributed by atoms with Crippen LogP contribution in [0.4, 0.5) is 13.2 Å². The number of carbonyl (C=O) groups excluding carboxylic acids is 1. The van der Waals surface area contributed by atoms with E-state index in [1.54, 1.807) is 26.0 Å². The van der Waals surface area contributed by atoms with Crippen molar-refractivity contribution in [3.8, 4) is 0 Å². The summed E-state index contributed by atoms with van der Waals surface area (Å²) in [4.78, 5) is 11.9. The van der Waals surface area contributed by atoms with E-state index in [-0.39, 0.29) is 18.4 Å². The molecule has 1 amide bonds. The molecule has 6 heteroatoms. The predicted octanol–water partition coefficient (Wildman–Crippen LogP) is 4.03. The van der Waals surface area contributed by atoms with Crippen LogP contribution in [0.3, 0.4) is 0 Å². The molecule has 1 N–H and O–H groups in total. The van der Waals surface area contributed by atoms with Gasteiger partial charge in [-0.3, -0.25) is 4.79 Å². The zero-order valence-corrected chi connectivity index (χ0v) is 12.2. The van der Waals surface area contributed by atoms with Crippen LogP contribution in [-0.2, 0) is 17.4 Å². The second-order valence-corrected chi connectivity index (χ2v) is 5.11. The number of aryl methyl sites for hydroxylation is 1. The first-order valence-corrected chi connectivity index (χ1v) is 6.77. The first-order valence-electron chi connectivity index (χ1n) is 6.77. The van der Waals surface area contributed by atoms with Crippen LogP contribution in [-0.4, -0.2) is 5.91 Å². The molecule has 0 saturated heterocycles. The van der Waals surface area contributed by atoms with Gasteiger partial charge in [-0.2, -0.15) is 13.2 Å². The molecule has 118 valence electrons.